The number of rotatable bonds is 2. The second kappa shape index (κ2) is 3.58. The molecule has 0 bridgehead atoms. The van der Waals surface area contributed by atoms with Crippen LogP contribution < -0.4 is 0 Å². The average molecular weight is 156 g/mol. The molecule has 2 nitrogen and oxygen atoms in total. The van der Waals surface area contributed by atoms with Crippen LogP contribution in [0, 0.1) is 11.5 Å². The van der Waals surface area contributed by atoms with Crippen molar-refractivity contribution >= 4 is 6.79 Å². The Morgan fingerprint density at radius 3 is 2.27 bits per heavy atom. The fraction of sp³-hybridized carbons (Fsp3) is 0.556. The quantitative estimate of drug-likeness (QED) is 0.371. The van der Waals surface area contributed by atoms with Gasteiger partial charge in [0.05, 0.1) is 0 Å². The van der Waals surface area contributed by atoms with Crippen LogP contribution in [0.2, 0.25) is 0 Å². The summed E-state index contributed by atoms with van der Waals surface area (Å²) in [7, 11) is 0. The van der Waals surface area contributed by atoms with E-state index in [2.05, 4.69) is 11.2 Å². The molecule has 0 aromatic carbocycles. The Hall–Kier alpha value is -0.760. The molecule has 64 valence electrons. The molecule has 0 saturated carbocycles. The highest BCUT2D eigenvalue weighted by Gasteiger charge is 2.12. The van der Waals surface area contributed by atoms with Crippen molar-refractivity contribution in [3.05, 3.63) is 17.9 Å². The molecule has 0 aromatic rings. The van der Waals surface area contributed by atoms with Crippen molar-refractivity contribution in [3.63, 3.8) is 0 Å². The summed E-state index contributed by atoms with van der Waals surface area (Å²) in [4.78, 5) is 0. The van der Waals surface area contributed by atoms with Gasteiger partial charge in [0.1, 0.15) is 0 Å². The van der Waals surface area contributed by atoms with Gasteiger partial charge in [0.15, 0.2) is 5.76 Å². The van der Waals surface area contributed by atoms with E-state index in [4.69, 9.17) is 0 Å². The van der Waals surface area contributed by atoms with E-state index in [1.54, 1.807) is 13.0 Å². The van der Waals surface area contributed by atoms with Gasteiger partial charge in [-0.3, -0.25) is 0 Å². The summed E-state index contributed by atoms with van der Waals surface area (Å²) >= 11 is 0. The maximum Gasteiger partial charge on any atom is 0.257 e. The molecule has 0 aliphatic heterocycles. The summed E-state index contributed by atoms with van der Waals surface area (Å²) in [6.07, 6.45) is 1.88. The zero-order valence-electron chi connectivity index (χ0n) is 7.64. The molecule has 1 N–H and O–H groups in total. The maximum atomic E-state index is 9.42. The van der Waals surface area contributed by atoms with E-state index in [1.807, 2.05) is 20.8 Å². The average Bonchev–Trinajstić information content (AvgIpc) is 1.85. The van der Waals surface area contributed by atoms with Crippen LogP contribution in [0.3, 0.4) is 0 Å². The molecule has 0 heterocycles. The second-order valence-corrected chi connectivity index (χ2v) is 3.53. The van der Waals surface area contributed by atoms with Crippen LogP contribution in [0.1, 0.15) is 27.7 Å². The lowest BCUT2D eigenvalue weighted by atomic mass is 9.89. The second-order valence-electron chi connectivity index (χ2n) is 3.53. The van der Waals surface area contributed by atoms with Gasteiger partial charge in [-0.15, -0.1) is 6.08 Å². The first-order valence-corrected chi connectivity index (χ1v) is 3.54. The van der Waals surface area contributed by atoms with Gasteiger partial charge in [-0.25, -0.2) is 0 Å². The molecular weight excluding hydrogens is 140 g/mol. The molecule has 11 heavy (non-hydrogen) atoms. The van der Waals surface area contributed by atoms with E-state index < -0.39 is 0 Å². The summed E-state index contributed by atoms with van der Waals surface area (Å²) in [5.74, 6) is 0.609. The molecule has 0 radical (unpaired) electrons. The Kier molecular flexibility index (Phi) is 3.33. The van der Waals surface area contributed by atoms with Crippen LogP contribution in [-0.4, -0.2) is 11.9 Å². The van der Waals surface area contributed by atoms with Gasteiger partial charge in [0.25, 0.3) is 6.79 Å². The van der Waals surface area contributed by atoms with Crippen molar-refractivity contribution in [2.75, 3.05) is 0 Å². The molecule has 0 rings (SSSR count). The highest BCUT2D eigenvalue weighted by molar-refractivity contribution is 5.16. The Bertz CT molecular complexity index is 163. The van der Waals surface area contributed by atoms with Gasteiger partial charge in [0, 0.05) is 0 Å². The predicted octanol–water partition coefficient (Wildman–Crippen LogP) is 2.21. The summed E-state index contributed by atoms with van der Waals surface area (Å²) in [6, 6.07) is 0. The number of aliphatic hydroxyl groups excluding tert-OH is 1. The topological polar surface area (TPSA) is 31.5 Å². The first kappa shape index (κ1) is 10.2. The molecule has 2 heteroatoms. The highest BCUT2D eigenvalue weighted by Crippen LogP contribution is 2.26. The van der Waals surface area contributed by atoms with E-state index in [0.29, 0.717) is 11.9 Å². The number of hydrogen-bond donors (Lipinski definition) is 1. The Balaban J connectivity index is 4.28. The molecule has 0 fully saturated rings. The normalized spacial score (nSPS) is 13.0. The van der Waals surface area contributed by atoms with Crippen LogP contribution in [0.25, 0.3) is 0 Å². The Morgan fingerprint density at radius 1 is 1.55 bits per heavy atom. The van der Waals surface area contributed by atoms with E-state index >= 15 is 0 Å². The molecule has 0 aliphatic carbocycles. The summed E-state index contributed by atoms with van der Waals surface area (Å²) in [5.41, 5.74) is -0.222. The lowest BCUT2D eigenvalue weighted by molar-refractivity contribution is -0.386. The minimum Gasteiger partial charge on any atom is -0.454 e. The fourth-order valence-electron chi connectivity index (χ4n) is 0.451. The molecule has 0 aliphatic rings. The SMILES string of the molecule is C=[O+]C(C)=C[C-](O)C(C)(C)C. The zero-order chi connectivity index (χ0) is 9.07. The highest BCUT2D eigenvalue weighted by atomic mass is 16.4. The van der Waals surface area contributed by atoms with Gasteiger partial charge >= 0.3 is 0 Å². The first-order valence-electron chi connectivity index (χ1n) is 3.54. The number of carbonyl (C=O) groups excluding carboxylic acids is 1. The molecular formula is C9H16O2. The van der Waals surface area contributed by atoms with Crippen LogP contribution in [0.5, 0.6) is 0 Å². The van der Waals surface area contributed by atoms with Crippen molar-refractivity contribution < 1.29 is 9.53 Å². The fourth-order valence-corrected chi connectivity index (χ4v) is 0.451. The molecule has 0 aromatic heterocycles. The predicted molar refractivity (Wildman–Crippen MR) is 45.5 cm³/mol. The lowest BCUT2D eigenvalue weighted by Crippen LogP contribution is -2.15. The van der Waals surface area contributed by atoms with Gasteiger partial charge < -0.3 is 9.53 Å². The third kappa shape index (κ3) is 3.83. The van der Waals surface area contributed by atoms with Gasteiger partial charge in [-0.1, -0.05) is 32.3 Å². The molecule has 0 unspecified atom stereocenters. The third-order valence-electron chi connectivity index (χ3n) is 1.34. The van der Waals surface area contributed by atoms with E-state index in [-0.39, 0.29) is 5.41 Å². The number of aliphatic hydroxyl groups is 1. The smallest absolute Gasteiger partial charge is 0.257 e. The lowest BCUT2D eigenvalue weighted by Gasteiger charge is -2.29. The minimum atomic E-state index is -0.222. The number of hydrogen-bond acceptors (Lipinski definition) is 1. The Labute approximate surface area is 68.2 Å². The van der Waals surface area contributed by atoms with Crippen molar-refractivity contribution in [1.29, 1.82) is 0 Å². The standard InChI is InChI=1S/C9H16O2/c1-7(11-5)6-8(10)9(2,3)4/h6,10H,5H2,1-4H3. The minimum absolute atomic E-state index is 0.222. The molecule has 0 spiro atoms. The van der Waals surface area contributed by atoms with Crippen molar-refractivity contribution in [1.82, 2.24) is 0 Å². The summed E-state index contributed by atoms with van der Waals surface area (Å²) < 4.78 is 4.65. The van der Waals surface area contributed by atoms with E-state index in [0.717, 1.165) is 0 Å². The van der Waals surface area contributed by atoms with Crippen LogP contribution in [-0.2, 0) is 4.42 Å². The van der Waals surface area contributed by atoms with Crippen LogP contribution in [0.4, 0.5) is 0 Å². The molecule has 0 saturated heterocycles. The van der Waals surface area contributed by atoms with Crippen LogP contribution >= 0.6 is 0 Å². The van der Waals surface area contributed by atoms with Gasteiger partial charge in [0.2, 0.25) is 0 Å². The monoisotopic (exact) mass is 156 g/mol. The largest absolute Gasteiger partial charge is 0.454 e. The summed E-state index contributed by atoms with van der Waals surface area (Å²) in [5, 5.41) is 9.42. The van der Waals surface area contributed by atoms with Gasteiger partial charge in [-0.05, 0) is 6.92 Å². The van der Waals surface area contributed by atoms with Gasteiger partial charge in [-0.2, -0.15) is 0 Å². The van der Waals surface area contributed by atoms with Crippen molar-refractivity contribution in [3.8, 4) is 0 Å². The first-order chi connectivity index (χ1) is 4.88. The Morgan fingerprint density at radius 2 is 2.00 bits per heavy atom. The van der Waals surface area contributed by atoms with Crippen LogP contribution in [0.15, 0.2) is 11.8 Å². The maximum absolute atomic E-state index is 9.42. The summed E-state index contributed by atoms with van der Waals surface area (Å²) in [6.45, 7) is 10.8. The molecule has 0 atom stereocenters. The zero-order valence-corrected chi connectivity index (χ0v) is 7.64. The third-order valence-corrected chi connectivity index (χ3v) is 1.34. The van der Waals surface area contributed by atoms with E-state index in [1.165, 1.54) is 0 Å². The van der Waals surface area contributed by atoms with Crippen molar-refractivity contribution in [2.45, 2.75) is 27.7 Å². The molecule has 0 amide bonds. The van der Waals surface area contributed by atoms with E-state index in [9.17, 15) is 5.11 Å². The number of allylic oxidation sites excluding steroid dienone is 1. The van der Waals surface area contributed by atoms with Crippen molar-refractivity contribution in [2.24, 2.45) is 5.41 Å².